The third-order valence-corrected chi connectivity index (χ3v) is 4.09. The first-order valence-corrected chi connectivity index (χ1v) is 7.97. The molecule has 0 aliphatic carbocycles. The first-order valence-electron chi connectivity index (χ1n) is 5.95. The van der Waals surface area contributed by atoms with Crippen LogP contribution in [0.15, 0.2) is 29.2 Å². The number of alkyl halides is 1. The molecule has 0 atom stereocenters. The molecule has 0 aliphatic rings. The van der Waals surface area contributed by atoms with Gasteiger partial charge in [0.25, 0.3) is 10.0 Å². The summed E-state index contributed by atoms with van der Waals surface area (Å²) in [4.78, 5) is 11.4. The van der Waals surface area contributed by atoms with Gasteiger partial charge >= 0.3 is 6.03 Å². The maximum absolute atomic E-state index is 11.9. The van der Waals surface area contributed by atoms with E-state index in [0.717, 1.165) is 18.4 Å². The van der Waals surface area contributed by atoms with Gasteiger partial charge < -0.3 is 5.32 Å². The van der Waals surface area contributed by atoms with Gasteiger partial charge in [-0.1, -0.05) is 25.5 Å². The second kappa shape index (κ2) is 7.35. The van der Waals surface area contributed by atoms with Crippen LogP contribution in [-0.2, 0) is 15.9 Å². The highest BCUT2D eigenvalue weighted by Crippen LogP contribution is 2.11. The van der Waals surface area contributed by atoms with Crippen molar-refractivity contribution < 1.29 is 13.2 Å². The van der Waals surface area contributed by atoms with Crippen LogP contribution in [0.3, 0.4) is 0 Å². The SMILES string of the molecule is CCCCNC(=O)NS(=O)(=O)c1ccc(CCl)cc1. The van der Waals surface area contributed by atoms with Crippen molar-refractivity contribution in [3.05, 3.63) is 29.8 Å². The lowest BCUT2D eigenvalue weighted by Gasteiger charge is -2.08. The molecule has 106 valence electrons. The number of amides is 2. The van der Waals surface area contributed by atoms with Gasteiger partial charge in [-0.2, -0.15) is 0 Å². The zero-order valence-electron chi connectivity index (χ0n) is 10.6. The Bertz CT molecular complexity index is 514. The van der Waals surface area contributed by atoms with Crippen molar-refractivity contribution in [3.63, 3.8) is 0 Å². The van der Waals surface area contributed by atoms with Crippen LogP contribution in [0.4, 0.5) is 4.79 Å². The van der Waals surface area contributed by atoms with E-state index in [1.807, 2.05) is 11.6 Å². The number of rotatable bonds is 6. The lowest BCUT2D eigenvalue weighted by atomic mass is 10.2. The number of benzene rings is 1. The summed E-state index contributed by atoms with van der Waals surface area (Å²) in [6.45, 7) is 2.43. The molecule has 0 saturated carbocycles. The standard InChI is InChI=1S/C12H17ClN2O3S/c1-2-3-8-14-12(16)15-19(17,18)11-6-4-10(9-13)5-7-11/h4-7H,2-3,8-9H2,1H3,(H2,14,15,16). The molecule has 0 unspecified atom stereocenters. The first-order chi connectivity index (χ1) is 8.99. The molecular formula is C12H17ClN2O3S. The van der Waals surface area contributed by atoms with Gasteiger partial charge in [0, 0.05) is 12.4 Å². The zero-order chi connectivity index (χ0) is 14.3. The monoisotopic (exact) mass is 304 g/mol. The Morgan fingerprint density at radius 2 is 1.89 bits per heavy atom. The van der Waals surface area contributed by atoms with Gasteiger partial charge in [0.1, 0.15) is 0 Å². The lowest BCUT2D eigenvalue weighted by Crippen LogP contribution is -2.39. The molecule has 0 radical (unpaired) electrons. The summed E-state index contributed by atoms with van der Waals surface area (Å²) in [6.07, 6.45) is 1.73. The van der Waals surface area contributed by atoms with E-state index in [0.29, 0.717) is 12.4 Å². The Balaban J connectivity index is 2.66. The molecule has 0 bridgehead atoms. The van der Waals surface area contributed by atoms with Crippen LogP contribution in [0.5, 0.6) is 0 Å². The fourth-order valence-corrected chi connectivity index (χ4v) is 2.46. The molecule has 0 fully saturated rings. The van der Waals surface area contributed by atoms with Crippen LogP contribution in [0.2, 0.25) is 0 Å². The number of unbranched alkanes of at least 4 members (excludes halogenated alkanes) is 1. The number of sulfonamides is 1. The largest absolute Gasteiger partial charge is 0.337 e. The van der Waals surface area contributed by atoms with E-state index in [-0.39, 0.29) is 4.90 Å². The Kier molecular flexibility index (Phi) is 6.11. The van der Waals surface area contributed by atoms with Gasteiger partial charge in [-0.25, -0.2) is 17.9 Å². The van der Waals surface area contributed by atoms with Gasteiger partial charge in [-0.15, -0.1) is 11.6 Å². The fourth-order valence-electron chi connectivity index (χ4n) is 1.35. The predicted octanol–water partition coefficient (Wildman–Crippen LogP) is 2.21. The molecule has 0 aromatic heterocycles. The Morgan fingerprint density at radius 3 is 2.42 bits per heavy atom. The van der Waals surface area contributed by atoms with Crippen molar-refractivity contribution in [2.75, 3.05) is 6.54 Å². The molecule has 0 saturated heterocycles. The molecule has 1 aromatic rings. The number of carbonyl (C=O) groups is 1. The van der Waals surface area contributed by atoms with Crippen molar-refractivity contribution >= 4 is 27.7 Å². The van der Waals surface area contributed by atoms with E-state index in [1.54, 1.807) is 12.1 Å². The predicted molar refractivity (Wildman–Crippen MR) is 74.6 cm³/mol. The molecule has 2 amide bonds. The van der Waals surface area contributed by atoms with Gasteiger partial charge in [-0.3, -0.25) is 0 Å². The number of halogens is 1. The molecule has 1 rings (SSSR count). The van der Waals surface area contributed by atoms with Gasteiger partial charge in [0.2, 0.25) is 0 Å². The quantitative estimate of drug-likeness (QED) is 0.625. The highest BCUT2D eigenvalue weighted by atomic mass is 35.5. The second-order valence-corrected chi connectivity index (χ2v) is 5.94. The minimum absolute atomic E-state index is 0.0343. The molecule has 19 heavy (non-hydrogen) atoms. The summed E-state index contributed by atoms with van der Waals surface area (Å²) < 4.78 is 25.7. The van der Waals surface area contributed by atoms with Crippen molar-refractivity contribution in [1.29, 1.82) is 0 Å². The number of nitrogens with one attached hydrogen (secondary N) is 2. The molecule has 5 nitrogen and oxygen atoms in total. The maximum Gasteiger partial charge on any atom is 0.328 e. The lowest BCUT2D eigenvalue weighted by molar-refractivity contribution is 0.245. The summed E-state index contributed by atoms with van der Waals surface area (Å²) >= 11 is 5.62. The normalized spacial score (nSPS) is 11.1. The molecule has 0 spiro atoms. The van der Waals surface area contributed by atoms with E-state index in [2.05, 4.69) is 5.32 Å². The summed E-state index contributed by atoms with van der Waals surface area (Å²) in [5, 5.41) is 2.48. The summed E-state index contributed by atoms with van der Waals surface area (Å²) in [5.41, 5.74) is 0.813. The summed E-state index contributed by atoms with van der Waals surface area (Å²) in [5.74, 6) is 0.311. The number of hydrogen-bond donors (Lipinski definition) is 2. The second-order valence-electron chi connectivity index (χ2n) is 3.99. The molecular weight excluding hydrogens is 288 g/mol. The number of hydrogen-bond acceptors (Lipinski definition) is 3. The third-order valence-electron chi connectivity index (χ3n) is 2.43. The van der Waals surface area contributed by atoms with Gasteiger partial charge in [0.15, 0.2) is 0 Å². The van der Waals surface area contributed by atoms with Gasteiger partial charge in [-0.05, 0) is 24.1 Å². The minimum atomic E-state index is -3.83. The minimum Gasteiger partial charge on any atom is -0.337 e. The molecule has 7 heteroatoms. The van der Waals surface area contributed by atoms with Crippen molar-refractivity contribution in [2.45, 2.75) is 30.5 Å². The molecule has 1 aromatic carbocycles. The summed E-state index contributed by atoms with van der Waals surface area (Å²) in [7, 11) is -3.83. The van der Waals surface area contributed by atoms with Crippen LogP contribution < -0.4 is 10.0 Å². The van der Waals surface area contributed by atoms with Crippen molar-refractivity contribution in [2.24, 2.45) is 0 Å². The van der Waals surface area contributed by atoms with Crippen LogP contribution in [0, 0.1) is 0 Å². The maximum atomic E-state index is 11.9. The topological polar surface area (TPSA) is 75.3 Å². The molecule has 2 N–H and O–H groups in total. The van der Waals surface area contributed by atoms with E-state index < -0.39 is 16.1 Å². The van der Waals surface area contributed by atoms with Crippen molar-refractivity contribution in [1.82, 2.24) is 10.0 Å². The van der Waals surface area contributed by atoms with E-state index >= 15 is 0 Å². The van der Waals surface area contributed by atoms with E-state index in [9.17, 15) is 13.2 Å². The Hall–Kier alpha value is -1.27. The average molecular weight is 305 g/mol. The highest BCUT2D eigenvalue weighted by Gasteiger charge is 2.16. The van der Waals surface area contributed by atoms with Crippen LogP contribution in [0.1, 0.15) is 25.3 Å². The zero-order valence-corrected chi connectivity index (χ0v) is 12.2. The smallest absolute Gasteiger partial charge is 0.328 e. The number of urea groups is 1. The summed E-state index contributed by atoms with van der Waals surface area (Å²) in [6, 6.07) is 5.33. The highest BCUT2D eigenvalue weighted by molar-refractivity contribution is 7.90. The van der Waals surface area contributed by atoms with Crippen LogP contribution in [0.25, 0.3) is 0 Å². The average Bonchev–Trinajstić information content (AvgIpc) is 2.38. The fraction of sp³-hybridized carbons (Fsp3) is 0.417. The Morgan fingerprint density at radius 1 is 1.26 bits per heavy atom. The van der Waals surface area contributed by atoms with Crippen LogP contribution >= 0.6 is 11.6 Å². The molecule has 0 aliphatic heterocycles. The van der Waals surface area contributed by atoms with E-state index in [1.165, 1.54) is 12.1 Å². The van der Waals surface area contributed by atoms with E-state index in [4.69, 9.17) is 11.6 Å². The van der Waals surface area contributed by atoms with Gasteiger partial charge in [0.05, 0.1) is 4.90 Å². The molecule has 0 heterocycles. The number of carbonyl (C=O) groups excluding carboxylic acids is 1. The Labute approximate surface area is 118 Å². The van der Waals surface area contributed by atoms with Crippen molar-refractivity contribution in [3.8, 4) is 0 Å². The van der Waals surface area contributed by atoms with Crippen LogP contribution in [-0.4, -0.2) is 21.0 Å². The third kappa shape index (κ3) is 5.08. The first kappa shape index (κ1) is 15.8.